The molecule has 0 aliphatic carbocycles. The number of nitrogens with one attached hydrogen (secondary N) is 2. The molecule has 1 amide bonds. The molecule has 0 radical (unpaired) electrons. The Labute approximate surface area is 168 Å². The molecule has 1 fully saturated rings. The van der Waals surface area contributed by atoms with Crippen molar-refractivity contribution in [3.8, 4) is 5.75 Å². The summed E-state index contributed by atoms with van der Waals surface area (Å²) < 4.78 is 5.74. The van der Waals surface area contributed by atoms with Gasteiger partial charge in [0, 0.05) is 28.6 Å². The molecule has 3 atom stereocenters. The van der Waals surface area contributed by atoms with Crippen LogP contribution in [-0.2, 0) is 4.79 Å². The molecule has 0 bridgehead atoms. The van der Waals surface area contributed by atoms with Crippen molar-refractivity contribution in [2.45, 2.75) is 24.4 Å². The third-order valence-corrected chi connectivity index (χ3v) is 5.75. The van der Waals surface area contributed by atoms with Gasteiger partial charge in [0.05, 0.1) is 11.4 Å². The molecule has 28 heavy (non-hydrogen) atoms. The lowest BCUT2D eigenvalue weighted by Crippen LogP contribution is -2.31. The van der Waals surface area contributed by atoms with Crippen LogP contribution in [0.15, 0.2) is 82.8 Å². The van der Waals surface area contributed by atoms with E-state index in [4.69, 9.17) is 4.74 Å². The molecule has 2 aliphatic rings. The monoisotopic (exact) mass is 391 g/mol. The number of anilines is 1. The first-order valence-corrected chi connectivity index (χ1v) is 10.0. The van der Waals surface area contributed by atoms with Crippen molar-refractivity contribution >= 4 is 29.6 Å². The SMILES string of the molecule is CC(Oc1ccccc1)C(=O)Nc1ccccc1C1NC2C=CC=NC=C2S1. The van der Waals surface area contributed by atoms with Crippen molar-refractivity contribution in [1.82, 2.24) is 5.32 Å². The smallest absolute Gasteiger partial charge is 0.265 e. The Bertz CT molecular complexity index is 940. The Morgan fingerprint density at radius 2 is 1.96 bits per heavy atom. The second kappa shape index (κ2) is 8.46. The normalized spacial score (nSPS) is 21.4. The fourth-order valence-corrected chi connectivity index (χ4v) is 4.29. The average molecular weight is 391 g/mol. The third-order valence-electron chi connectivity index (χ3n) is 4.50. The molecule has 2 N–H and O–H groups in total. The average Bonchev–Trinajstić information content (AvgIpc) is 2.99. The predicted molar refractivity (Wildman–Crippen MR) is 115 cm³/mol. The molecule has 3 unspecified atom stereocenters. The molecule has 0 aromatic heterocycles. The van der Waals surface area contributed by atoms with Crippen molar-refractivity contribution in [2.75, 3.05) is 5.32 Å². The summed E-state index contributed by atoms with van der Waals surface area (Å²) in [5.41, 5.74) is 1.81. The molecule has 4 rings (SSSR count). The zero-order valence-electron chi connectivity index (χ0n) is 15.4. The van der Waals surface area contributed by atoms with E-state index in [9.17, 15) is 4.79 Å². The first-order chi connectivity index (χ1) is 13.7. The fourth-order valence-electron chi connectivity index (χ4n) is 3.06. The number of carbonyl (C=O) groups is 1. The number of hydrogen-bond donors (Lipinski definition) is 2. The van der Waals surface area contributed by atoms with E-state index >= 15 is 0 Å². The Hall–Kier alpha value is -2.83. The molecular weight excluding hydrogens is 370 g/mol. The van der Waals surface area contributed by atoms with Crippen LogP contribution in [0.25, 0.3) is 0 Å². The number of ether oxygens (including phenoxy) is 1. The summed E-state index contributed by atoms with van der Waals surface area (Å²) in [4.78, 5) is 18.1. The molecule has 2 aromatic carbocycles. The van der Waals surface area contributed by atoms with E-state index in [0.29, 0.717) is 5.75 Å². The number of fused-ring (bicyclic) bond motifs is 1. The highest BCUT2D eigenvalue weighted by molar-refractivity contribution is 8.03. The third kappa shape index (κ3) is 4.18. The molecule has 142 valence electrons. The number of hydrogen-bond acceptors (Lipinski definition) is 5. The minimum Gasteiger partial charge on any atom is -0.481 e. The molecular formula is C22H21N3O2S. The Balaban J connectivity index is 1.47. The summed E-state index contributed by atoms with van der Waals surface area (Å²) >= 11 is 1.72. The van der Waals surface area contributed by atoms with Gasteiger partial charge < -0.3 is 10.1 Å². The lowest BCUT2D eigenvalue weighted by Gasteiger charge is -2.19. The van der Waals surface area contributed by atoms with Gasteiger partial charge in [-0.15, -0.1) is 11.8 Å². The number of rotatable bonds is 5. The maximum atomic E-state index is 12.7. The number of thioether (sulfide) groups is 1. The van der Waals surface area contributed by atoms with E-state index in [1.165, 1.54) is 0 Å². The number of allylic oxidation sites excluding steroid dienone is 1. The summed E-state index contributed by atoms with van der Waals surface area (Å²) in [5.74, 6) is 0.489. The second-order valence-electron chi connectivity index (χ2n) is 6.51. The Morgan fingerprint density at radius 1 is 1.18 bits per heavy atom. The molecule has 2 heterocycles. The molecule has 5 nitrogen and oxygen atoms in total. The molecule has 6 heteroatoms. The van der Waals surface area contributed by atoms with Gasteiger partial charge >= 0.3 is 0 Å². The van der Waals surface area contributed by atoms with Gasteiger partial charge in [0.15, 0.2) is 6.10 Å². The summed E-state index contributed by atoms with van der Waals surface area (Å²) in [7, 11) is 0. The van der Waals surface area contributed by atoms with Gasteiger partial charge in [0.2, 0.25) is 0 Å². The van der Waals surface area contributed by atoms with E-state index in [1.54, 1.807) is 24.9 Å². The van der Waals surface area contributed by atoms with E-state index in [1.807, 2.05) is 66.9 Å². The standard InChI is InChI=1S/C22H21N3O2S/c1-15(27-16-8-3-2-4-9-16)21(26)24-18-11-6-5-10-17(18)22-25-19-12-7-13-23-14-20(19)28-22/h2-15,19,22,25H,1H3,(H,24,26). The zero-order valence-corrected chi connectivity index (χ0v) is 16.2. The van der Waals surface area contributed by atoms with Gasteiger partial charge in [-0.3, -0.25) is 15.1 Å². The highest BCUT2D eigenvalue weighted by Crippen LogP contribution is 2.44. The minimum atomic E-state index is -0.606. The van der Waals surface area contributed by atoms with E-state index in [2.05, 4.69) is 21.7 Å². The van der Waals surface area contributed by atoms with Gasteiger partial charge in [-0.25, -0.2) is 0 Å². The lowest BCUT2D eigenvalue weighted by molar-refractivity contribution is -0.122. The van der Waals surface area contributed by atoms with Crippen LogP contribution in [0, 0.1) is 0 Å². The predicted octanol–water partition coefficient (Wildman–Crippen LogP) is 4.28. The van der Waals surface area contributed by atoms with Gasteiger partial charge in [-0.2, -0.15) is 0 Å². The fraction of sp³-hybridized carbons (Fsp3) is 0.182. The second-order valence-corrected chi connectivity index (χ2v) is 7.68. The summed E-state index contributed by atoms with van der Waals surface area (Å²) in [6.45, 7) is 1.75. The van der Waals surface area contributed by atoms with Crippen LogP contribution < -0.4 is 15.4 Å². The molecule has 2 aliphatic heterocycles. The molecule has 0 spiro atoms. The number of para-hydroxylation sites is 2. The summed E-state index contributed by atoms with van der Waals surface area (Å²) in [6, 6.07) is 17.3. The first kappa shape index (κ1) is 18.5. The van der Waals surface area contributed by atoms with E-state index < -0.39 is 6.10 Å². The highest BCUT2D eigenvalue weighted by Gasteiger charge is 2.31. The first-order valence-electron chi connectivity index (χ1n) is 9.15. The van der Waals surface area contributed by atoms with Gasteiger partial charge in [0.25, 0.3) is 5.91 Å². The van der Waals surface area contributed by atoms with Crippen LogP contribution in [-0.4, -0.2) is 24.3 Å². The topological polar surface area (TPSA) is 62.7 Å². The quantitative estimate of drug-likeness (QED) is 0.799. The van der Waals surface area contributed by atoms with E-state index in [0.717, 1.165) is 16.2 Å². The van der Waals surface area contributed by atoms with Gasteiger partial charge in [0.1, 0.15) is 5.75 Å². The Morgan fingerprint density at radius 3 is 2.82 bits per heavy atom. The van der Waals surface area contributed by atoms with Crippen LogP contribution >= 0.6 is 11.8 Å². The van der Waals surface area contributed by atoms with Crippen LogP contribution in [0.5, 0.6) is 5.75 Å². The van der Waals surface area contributed by atoms with Crippen molar-refractivity contribution in [3.63, 3.8) is 0 Å². The van der Waals surface area contributed by atoms with Gasteiger partial charge in [-0.05, 0) is 31.2 Å². The number of aliphatic imine (C=N–C) groups is 1. The maximum absolute atomic E-state index is 12.7. The van der Waals surface area contributed by atoms with Crippen molar-refractivity contribution in [3.05, 3.63) is 83.4 Å². The van der Waals surface area contributed by atoms with Crippen LogP contribution in [0.3, 0.4) is 0 Å². The van der Waals surface area contributed by atoms with Crippen molar-refractivity contribution in [1.29, 1.82) is 0 Å². The molecule has 0 saturated carbocycles. The number of benzene rings is 2. The number of amides is 1. The molecule has 1 saturated heterocycles. The number of carbonyl (C=O) groups excluding carboxylic acids is 1. The lowest BCUT2D eigenvalue weighted by atomic mass is 10.1. The minimum absolute atomic E-state index is 0.0380. The Kier molecular flexibility index (Phi) is 5.60. The maximum Gasteiger partial charge on any atom is 0.265 e. The van der Waals surface area contributed by atoms with Crippen LogP contribution in [0.4, 0.5) is 5.69 Å². The van der Waals surface area contributed by atoms with Crippen molar-refractivity contribution in [2.24, 2.45) is 4.99 Å². The van der Waals surface area contributed by atoms with Crippen LogP contribution in [0.2, 0.25) is 0 Å². The van der Waals surface area contributed by atoms with Crippen molar-refractivity contribution < 1.29 is 9.53 Å². The largest absolute Gasteiger partial charge is 0.481 e. The van der Waals surface area contributed by atoms with E-state index in [-0.39, 0.29) is 17.3 Å². The van der Waals surface area contributed by atoms with Gasteiger partial charge in [-0.1, -0.05) is 42.5 Å². The zero-order chi connectivity index (χ0) is 19.3. The number of nitrogens with zero attached hydrogens (tertiary/aromatic N) is 1. The van der Waals surface area contributed by atoms with Crippen LogP contribution in [0.1, 0.15) is 17.9 Å². The highest BCUT2D eigenvalue weighted by atomic mass is 32.2. The summed E-state index contributed by atoms with van der Waals surface area (Å²) in [6.07, 6.45) is 7.10. The summed E-state index contributed by atoms with van der Waals surface area (Å²) in [5, 5.41) is 6.63. The molecule has 2 aromatic rings.